The van der Waals surface area contributed by atoms with E-state index in [1.54, 1.807) is 12.1 Å². The molecule has 2 heterocycles. The van der Waals surface area contributed by atoms with Gasteiger partial charge in [0.2, 0.25) is 0 Å². The van der Waals surface area contributed by atoms with Crippen LogP contribution < -0.4 is 5.32 Å². The topological polar surface area (TPSA) is 63.2 Å². The van der Waals surface area contributed by atoms with Crippen LogP contribution in [0.25, 0.3) is 0 Å². The van der Waals surface area contributed by atoms with Gasteiger partial charge in [-0.05, 0) is 52.9 Å². The summed E-state index contributed by atoms with van der Waals surface area (Å²) < 4.78 is 39.4. The molecular formula is C17H15BrFNO3S. The summed E-state index contributed by atoms with van der Waals surface area (Å²) >= 11 is 3.16. The summed E-state index contributed by atoms with van der Waals surface area (Å²) in [6, 6.07) is 4.45. The number of nitrogens with one attached hydrogen (secondary N) is 1. The van der Waals surface area contributed by atoms with Gasteiger partial charge in [-0.25, -0.2) is 12.8 Å². The van der Waals surface area contributed by atoms with E-state index in [-0.39, 0.29) is 16.0 Å². The van der Waals surface area contributed by atoms with Gasteiger partial charge in [0.05, 0.1) is 21.0 Å². The van der Waals surface area contributed by atoms with Crippen LogP contribution in [0, 0.1) is 5.82 Å². The van der Waals surface area contributed by atoms with Crippen molar-refractivity contribution in [2.24, 2.45) is 0 Å². The summed E-state index contributed by atoms with van der Waals surface area (Å²) in [4.78, 5) is 12.7. The maximum absolute atomic E-state index is 13.6. The van der Waals surface area contributed by atoms with Crippen molar-refractivity contribution in [3.63, 3.8) is 0 Å². The van der Waals surface area contributed by atoms with Crippen molar-refractivity contribution in [2.45, 2.75) is 31.6 Å². The second-order valence-electron chi connectivity index (χ2n) is 6.31. The monoisotopic (exact) mass is 411 g/mol. The molecule has 0 saturated carbocycles. The Morgan fingerprint density at radius 3 is 2.71 bits per heavy atom. The first-order chi connectivity index (χ1) is 11.4. The van der Waals surface area contributed by atoms with Crippen molar-refractivity contribution < 1.29 is 17.6 Å². The molecule has 3 aliphatic rings. The van der Waals surface area contributed by atoms with Gasteiger partial charge in [-0.15, -0.1) is 0 Å². The summed E-state index contributed by atoms with van der Waals surface area (Å²) in [5.41, 5.74) is 2.67. The molecule has 7 heteroatoms. The van der Waals surface area contributed by atoms with Gasteiger partial charge in [0, 0.05) is 23.4 Å². The van der Waals surface area contributed by atoms with Crippen LogP contribution in [0.5, 0.6) is 0 Å². The number of benzene rings is 1. The van der Waals surface area contributed by atoms with Crippen molar-refractivity contribution in [3.05, 3.63) is 55.9 Å². The largest absolute Gasteiger partial charge is 0.361 e. The Hall–Kier alpha value is -1.47. The molecule has 0 bridgehead atoms. The van der Waals surface area contributed by atoms with E-state index in [1.165, 1.54) is 6.07 Å². The van der Waals surface area contributed by atoms with E-state index in [4.69, 9.17) is 0 Å². The lowest BCUT2D eigenvalue weighted by Gasteiger charge is -2.33. The van der Waals surface area contributed by atoms with E-state index in [1.807, 2.05) is 0 Å². The lowest BCUT2D eigenvalue weighted by molar-refractivity contribution is -0.115. The van der Waals surface area contributed by atoms with Crippen LogP contribution in [0.15, 0.2) is 44.5 Å². The Kier molecular flexibility index (Phi) is 3.69. The zero-order valence-corrected chi connectivity index (χ0v) is 15.1. The quantitative estimate of drug-likeness (QED) is 0.769. The third kappa shape index (κ3) is 2.37. The first kappa shape index (κ1) is 16.0. The van der Waals surface area contributed by atoms with E-state index in [0.717, 1.165) is 5.70 Å². The van der Waals surface area contributed by atoms with Crippen LogP contribution in [-0.4, -0.2) is 20.0 Å². The van der Waals surface area contributed by atoms with Gasteiger partial charge in [-0.1, -0.05) is 6.07 Å². The Bertz CT molecular complexity index is 933. The third-order valence-corrected chi connectivity index (χ3v) is 7.42. The molecule has 0 saturated heterocycles. The molecule has 1 atom stereocenters. The van der Waals surface area contributed by atoms with Crippen molar-refractivity contribution in [2.75, 3.05) is 5.75 Å². The number of ketones is 1. The summed E-state index contributed by atoms with van der Waals surface area (Å²) in [5, 5.41) is 3.20. The SMILES string of the molecule is O=C1CCC2=C1[C@@H](c1ccc(F)c(Br)c1)C1=C(CCCS1(=O)=O)N2. The van der Waals surface area contributed by atoms with Gasteiger partial charge in [-0.2, -0.15) is 0 Å². The Morgan fingerprint density at radius 2 is 1.96 bits per heavy atom. The Labute approximate surface area is 147 Å². The van der Waals surface area contributed by atoms with Gasteiger partial charge in [0.25, 0.3) is 0 Å². The summed E-state index contributed by atoms with van der Waals surface area (Å²) in [7, 11) is -3.44. The fourth-order valence-corrected chi connectivity index (χ4v) is 6.08. The van der Waals surface area contributed by atoms with Crippen LogP contribution in [-0.2, 0) is 14.6 Å². The van der Waals surface area contributed by atoms with Gasteiger partial charge >= 0.3 is 0 Å². The normalized spacial score (nSPS) is 25.4. The van der Waals surface area contributed by atoms with Crippen molar-refractivity contribution in [1.29, 1.82) is 0 Å². The van der Waals surface area contributed by atoms with E-state index < -0.39 is 21.6 Å². The van der Waals surface area contributed by atoms with Gasteiger partial charge in [0.15, 0.2) is 15.6 Å². The lowest BCUT2D eigenvalue weighted by atomic mass is 9.85. The van der Waals surface area contributed by atoms with Gasteiger partial charge in [-0.3, -0.25) is 4.79 Å². The number of carbonyl (C=O) groups excluding carboxylic acids is 1. The molecular weight excluding hydrogens is 397 g/mol. The number of allylic oxidation sites excluding steroid dienone is 4. The van der Waals surface area contributed by atoms with E-state index in [0.29, 0.717) is 47.4 Å². The second-order valence-corrected chi connectivity index (χ2v) is 9.24. The standard InChI is InChI=1S/C17H15BrFNO3S/c18-10-8-9(3-4-11(10)19)15-16-12(5-6-14(16)21)20-13-2-1-7-24(22,23)17(13)15/h3-4,8,15,20H,1-2,5-7H2/t15-/m1/s1. The van der Waals surface area contributed by atoms with Crippen LogP contribution in [0.2, 0.25) is 0 Å². The smallest absolute Gasteiger partial charge is 0.177 e. The number of sulfone groups is 1. The van der Waals surface area contributed by atoms with Crippen molar-refractivity contribution in [1.82, 2.24) is 5.32 Å². The van der Waals surface area contributed by atoms with Crippen molar-refractivity contribution in [3.8, 4) is 0 Å². The highest BCUT2D eigenvalue weighted by Crippen LogP contribution is 2.47. The fourth-order valence-electron chi connectivity index (χ4n) is 3.80. The first-order valence-electron chi connectivity index (χ1n) is 7.82. The highest BCUT2D eigenvalue weighted by atomic mass is 79.9. The summed E-state index contributed by atoms with van der Waals surface area (Å²) in [5.74, 6) is -0.993. The molecule has 4 rings (SSSR count). The molecule has 1 aromatic rings. The van der Waals surface area contributed by atoms with Crippen molar-refractivity contribution >= 4 is 31.6 Å². The first-order valence-corrected chi connectivity index (χ1v) is 10.3. The molecule has 0 unspecified atom stereocenters. The summed E-state index contributed by atoms with van der Waals surface area (Å²) in [6.07, 6.45) is 2.21. The highest BCUT2D eigenvalue weighted by molar-refractivity contribution is 9.10. The minimum atomic E-state index is -3.44. The lowest BCUT2D eigenvalue weighted by Crippen LogP contribution is -2.33. The van der Waals surface area contributed by atoms with Crippen LogP contribution in [0.3, 0.4) is 0 Å². The second kappa shape index (κ2) is 5.52. The number of carbonyl (C=O) groups is 1. The highest BCUT2D eigenvalue weighted by Gasteiger charge is 2.44. The van der Waals surface area contributed by atoms with E-state index in [9.17, 15) is 17.6 Å². The molecule has 2 aliphatic heterocycles. The molecule has 126 valence electrons. The minimum Gasteiger partial charge on any atom is -0.361 e. The maximum atomic E-state index is 13.6. The van der Waals surface area contributed by atoms with E-state index >= 15 is 0 Å². The number of halogens is 2. The molecule has 0 radical (unpaired) electrons. The predicted octanol–water partition coefficient (Wildman–Crippen LogP) is 3.31. The zero-order chi connectivity index (χ0) is 17.1. The van der Waals surface area contributed by atoms with E-state index in [2.05, 4.69) is 21.2 Å². The molecule has 1 aromatic carbocycles. The number of Topliss-reactive ketones (excluding diaryl/α,β-unsaturated/α-hetero) is 1. The third-order valence-electron chi connectivity index (χ3n) is 4.83. The van der Waals surface area contributed by atoms with Gasteiger partial charge in [0.1, 0.15) is 5.82 Å². The molecule has 1 N–H and O–H groups in total. The number of rotatable bonds is 1. The molecule has 4 nitrogen and oxygen atoms in total. The molecule has 24 heavy (non-hydrogen) atoms. The van der Waals surface area contributed by atoms with Crippen LogP contribution in [0.4, 0.5) is 4.39 Å². The molecule has 1 aliphatic carbocycles. The minimum absolute atomic E-state index is 0.0322. The zero-order valence-electron chi connectivity index (χ0n) is 12.7. The Balaban J connectivity index is 1.96. The number of hydrogen-bond donors (Lipinski definition) is 1. The van der Waals surface area contributed by atoms with Gasteiger partial charge < -0.3 is 5.32 Å². The van der Waals surface area contributed by atoms with Crippen LogP contribution in [0.1, 0.15) is 37.2 Å². The average Bonchev–Trinajstić information content (AvgIpc) is 2.89. The van der Waals surface area contributed by atoms with Crippen LogP contribution >= 0.6 is 15.9 Å². The Morgan fingerprint density at radius 1 is 1.17 bits per heavy atom. The number of dihydropyridines is 1. The fraction of sp³-hybridized carbons (Fsp3) is 0.353. The number of hydrogen-bond acceptors (Lipinski definition) is 4. The maximum Gasteiger partial charge on any atom is 0.177 e. The molecule has 0 spiro atoms. The average molecular weight is 412 g/mol. The predicted molar refractivity (Wildman–Crippen MR) is 91.3 cm³/mol. The molecule has 0 fully saturated rings. The molecule has 0 amide bonds. The molecule has 0 aromatic heterocycles. The summed E-state index contributed by atoms with van der Waals surface area (Å²) in [6.45, 7) is 0.